The molecule has 0 spiro atoms. The van der Waals surface area contributed by atoms with Gasteiger partial charge in [-0.15, -0.1) is 0 Å². The van der Waals surface area contributed by atoms with Gasteiger partial charge in [-0.05, 0) is 30.7 Å². The molecule has 0 aliphatic heterocycles. The first-order valence-corrected chi connectivity index (χ1v) is 7.84. The predicted octanol–water partition coefficient (Wildman–Crippen LogP) is 3.06. The standard InChI is InChI=1S/C19H20N2O3/c1-23-17-8-2-5-14-9-10-18(22)21(19(14)17)11-4-12-24-16-7-3-6-15(20)13-16/h2-3,5-10,13H,4,11-12,20H2,1H3. The molecule has 0 amide bonds. The van der Waals surface area contributed by atoms with E-state index in [0.717, 1.165) is 16.7 Å². The van der Waals surface area contributed by atoms with Crippen LogP contribution in [0.1, 0.15) is 6.42 Å². The van der Waals surface area contributed by atoms with E-state index in [1.54, 1.807) is 23.8 Å². The fourth-order valence-electron chi connectivity index (χ4n) is 2.73. The van der Waals surface area contributed by atoms with Crippen molar-refractivity contribution < 1.29 is 9.47 Å². The Morgan fingerprint density at radius 1 is 1.08 bits per heavy atom. The lowest BCUT2D eigenvalue weighted by atomic mass is 10.2. The lowest BCUT2D eigenvalue weighted by Crippen LogP contribution is -2.21. The maximum Gasteiger partial charge on any atom is 0.251 e. The summed E-state index contributed by atoms with van der Waals surface area (Å²) in [5.74, 6) is 1.43. The van der Waals surface area contributed by atoms with Crippen LogP contribution in [-0.2, 0) is 6.54 Å². The van der Waals surface area contributed by atoms with Crippen molar-refractivity contribution in [3.05, 3.63) is 65.0 Å². The lowest BCUT2D eigenvalue weighted by Gasteiger charge is -2.13. The molecule has 0 aliphatic carbocycles. The molecule has 0 aliphatic rings. The number of benzene rings is 2. The molecule has 0 saturated carbocycles. The summed E-state index contributed by atoms with van der Waals surface area (Å²) in [5.41, 5.74) is 7.17. The fraction of sp³-hybridized carbons (Fsp3) is 0.211. The first-order valence-electron chi connectivity index (χ1n) is 7.84. The number of methoxy groups -OCH3 is 1. The number of nitrogen functional groups attached to an aromatic ring is 1. The van der Waals surface area contributed by atoms with E-state index in [9.17, 15) is 4.79 Å². The van der Waals surface area contributed by atoms with Gasteiger partial charge in [-0.3, -0.25) is 4.79 Å². The Kier molecular flexibility index (Phi) is 4.70. The van der Waals surface area contributed by atoms with E-state index in [0.29, 0.717) is 31.0 Å². The molecule has 3 aromatic rings. The van der Waals surface area contributed by atoms with Gasteiger partial charge in [-0.1, -0.05) is 18.2 Å². The van der Waals surface area contributed by atoms with Crippen molar-refractivity contribution in [1.29, 1.82) is 0 Å². The van der Waals surface area contributed by atoms with Crippen LogP contribution in [0.15, 0.2) is 59.4 Å². The van der Waals surface area contributed by atoms with Crippen LogP contribution in [0.5, 0.6) is 11.5 Å². The predicted molar refractivity (Wildman–Crippen MR) is 95.7 cm³/mol. The lowest BCUT2D eigenvalue weighted by molar-refractivity contribution is 0.302. The number of hydrogen-bond acceptors (Lipinski definition) is 4. The van der Waals surface area contributed by atoms with Gasteiger partial charge in [0.15, 0.2) is 0 Å². The zero-order valence-corrected chi connectivity index (χ0v) is 13.6. The van der Waals surface area contributed by atoms with Crippen LogP contribution < -0.4 is 20.8 Å². The molecule has 0 atom stereocenters. The van der Waals surface area contributed by atoms with Crippen molar-refractivity contribution in [2.24, 2.45) is 0 Å². The molecule has 2 N–H and O–H groups in total. The fourth-order valence-corrected chi connectivity index (χ4v) is 2.73. The average molecular weight is 324 g/mol. The van der Waals surface area contributed by atoms with Gasteiger partial charge in [0.25, 0.3) is 5.56 Å². The Labute approximate surface area is 140 Å². The summed E-state index contributed by atoms with van der Waals surface area (Å²) in [6, 6.07) is 16.5. The number of pyridine rings is 1. The van der Waals surface area contributed by atoms with Crippen LogP contribution in [0, 0.1) is 0 Å². The number of rotatable bonds is 6. The first-order chi connectivity index (χ1) is 11.7. The van der Waals surface area contributed by atoms with E-state index >= 15 is 0 Å². The van der Waals surface area contributed by atoms with E-state index in [-0.39, 0.29) is 5.56 Å². The van der Waals surface area contributed by atoms with Crippen molar-refractivity contribution in [3.8, 4) is 11.5 Å². The summed E-state index contributed by atoms with van der Waals surface area (Å²) in [4.78, 5) is 12.3. The highest BCUT2D eigenvalue weighted by Gasteiger charge is 2.08. The molecule has 5 heteroatoms. The molecule has 1 heterocycles. The SMILES string of the molecule is COc1cccc2ccc(=O)n(CCCOc3cccc(N)c3)c12. The van der Waals surface area contributed by atoms with Gasteiger partial charge < -0.3 is 19.8 Å². The number of hydrogen-bond donors (Lipinski definition) is 1. The summed E-state index contributed by atoms with van der Waals surface area (Å²) in [6.07, 6.45) is 0.700. The molecule has 24 heavy (non-hydrogen) atoms. The zero-order valence-electron chi connectivity index (χ0n) is 13.6. The minimum Gasteiger partial charge on any atom is -0.495 e. The van der Waals surface area contributed by atoms with Gasteiger partial charge in [0, 0.05) is 29.8 Å². The van der Waals surface area contributed by atoms with Crippen molar-refractivity contribution in [3.63, 3.8) is 0 Å². The smallest absolute Gasteiger partial charge is 0.251 e. The third kappa shape index (κ3) is 3.35. The van der Waals surface area contributed by atoms with Crippen molar-refractivity contribution in [2.45, 2.75) is 13.0 Å². The quantitative estimate of drug-likeness (QED) is 0.559. The van der Waals surface area contributed by atoms with Crippen LogP contribution in [0.4, 0.5) is 5.69 Å². The summed E-state index contributed by atoms with van der Waals surface area (Å²) in [6.45, 7) is 1.06. The number of fused-ring (bicyclic) bond motifs is 1. The third-order valence-corrected chi connectivity index (χ3v) is 3.84. The Hall–Kier alpha value is -2.95. The average Bonchev–Trinajstić information content (AvgIpc) is 2.59. The summed E-state index contributed by atoms with van der Waals surface area (Å²) in [7, 11) is 1.61. The van der Waals surface area contributed by atoms with Gasteiger partial charge in [0.05, 0.1) is 19.2 Å². The molecule has 0 unspecified atom stereocenters. The number of nitrogens with two attached hydrogens (primary N) is 1. The largest absolute Gasteiger partial charge is 0.495 e. The van der Waals surface area contributed by atoms with Crippen LogP contribution in [0.25, 0.3) is 10.9 Å². The number of nitrogens with zero attached hydrogens (tertiary/aromatic N) is 1. The monoisotopic (exact) mass is 324 g/mol. The third-order valence-electron chi connectivity index (χ3n) is 3.84. The number of anilines is 1. The Bertz CT molecular complexity index is 902. The first kappa shape index (κ1) is 15.9. The van der Waals surface area contributed by atoms with E-state index in [1.165, 1.54) is 0 Å². The van der Waals surface area contributed by atoms with Crippen molar-refractivity contribution >= 4 is 16.6 Å². The topological polar surface area (TPSA) is 66.5 Å². The van der Waals surface area contributed by atoms with E-state index in [2.05, 4.69) is 0 Å². The molecule has 1 aromatic heterocycles. The molecule has 2 aromatic carbocycles. The summed E-state index contributed by atoms with van der Waals surface area (Å²) >= 11 is 0. The molecular weight excluding hydrogens is 304 g/mol. The second kappa shape index (κ2) is 7.08. The molecule has 124 valence electrons. The number of aromatic nitrogens is 1. The van der Waals surface area contributed by atoms with Gasteiger partial charge >= 0.3 is 0 Å². The normalized spacial score (nSPS) is 10.7. The van der Waals surface area contributed by atoms with Crippen LogP contribution in [-0.4, -0.2) is 18.3 Å². The molecule has 5 nitrogen and oxygen atoms in total. The Morgan fingerprint density at radius 2 is 1.92 bits per heavy atom. The molecule has 0 bridgehead atoms. The minimum absolute atomic E-state index is 0.0454. The van der Waals surface area contributed by atoms with Crippen LogP contribution in [0.2, 0.25) is 0 Å². The zero-order chi connectivity index (χ0) is 16.9. The maximum atomic E-state index is 12.3. The number of aryl methyl sites for hydroxylation is 1. The van der Waals surface area contributed by atoms with Gasteiger partial charge in [-0.25, -0.2) is 0 Å². The van der Waals surface area contributed by atoms with Crippen LogP contribution >= 0.6 is 0 Å². The second-order valence-electron chi connectivity index (χ2n) is 5.50. The highest BCUT2D eigenvalue weighted by molar-refractivity contribution is 5.84. The Balaban J connectivity index is 1.75. The molecule has 0 saturated heterocycles. The summed E-state index contributed by atoms with van der Waals surface area (Å²) in [5, 5.41) is 0.978. The molecule has 0 fully saturated rings. The highest BCUT2D eigenvalue weighted by Crippen LogP contribution is 2.24. The van der Waals surface area contributed by atoms with Gasteiger partial charge in [-0.2, -0.15) is 0 Å². The van der Waals surface area contributed by atoms with E-state index < -0.39 is 0 Å². The van der Waals surface area contributed by atoms with Gasteiger partial charge in [0.1, 0.15) is 11.5 Å². The number of para-hydroxylation sites is 1. The second-order valence-corrected chi connectivity index (χ2v) is 5.50. The van der Waals surface area contributed by atoms with Crippen molar-refractivity contribution in [1.82, 2.24) is 4.57 Å². The number of ether oxygens (including phenoxy) is 2. The molecule has 0 radical (unpaired) electrons. The van der Waals surface area contributed by atoms with Gasteiger partial charge in [0.2, 0.25) is 0 Å². The van der Waals surface area contributed by atoms with Crippen molar-refractivity contribution in [2.75, 3.05) is 19.5 Å². The summed E-state index contributed by atoms with van der Waals surface area (Å²) < 4.78 is 12.8. The van der Waals surface area contributed by atoms with Crippen LogP contribution in [0.3, 0.4) is 0 Å². The molecule has 3 rings (SSSR count). The van der Waals surface area contributed by atoms with E-state index in [1.807, 2.05) is 42.5 Å². The van der Waals surface area contributed by atoms with E-state index in [4.69, 9.17) is 15.2 Å². The molecular formula is C19H20N2O3. The highest BCUT2D eigenvalue weighted by atomic mass is 16.5. The maximum absolute atomic E-state index is 12.3. The Morgan fingerprint density at radius 3 is 2.71 bits per heavy atom. The minimum atomic E-state index is -0.0454.